The second-order valence-electron chi connectivity index (χ2n) is 4.71. The van der Waals surface area contributed by atoms with Crippen LogP contribution in [0.25, 0.3) is 0 Å². The summed E-state index contributed by atoms with van der Waals surface area (Å²) in [5.41, 5.74) is 2.39. The van der Waals surface area contributed by atoms with Crippen LogP contribution >= 0.6 is 34.2 Å². The maximum Gasteiger partial charge on any atom is 0.255 e. The van der Waals surface area contributed by atoms with Crippen LogP contribution in [0.15, 0.2) is 36.4 Å². The molecule has 3 rings (SSSR count). The predicted molar refractivity (Wildman–Crippen MR) is 84.1 cm³/mol. The summed E-state index contributed by atoms with van der Waals surface area (Å²) in [5.74, 6) is -0.339. The second-order valence-corrected chi connectivity index (χ2v) is 6.31. The zero-order valence-corrected chi connectivity index (χ0v) is 13.3. The van der Waals surface area contributed by atoms with Crippen molar-refractivity contribution in [2.24, 2.45) is 0 Å². The van der Waals surface area contributed by atoms with E-state index in [0.29, 0.717) is 27.2 Å². The molecule has 1 amide bonds. The van der Waals surface area contributed by atoms with Gasteiger partial charge in [-0.1, -0.05) is 23.7 Å². The maximum atomic E-state index is 13.4. The molecule has 0 saturated carbocycles. The van der Waals surface area contributed by atoms with Crippen molar-refractivity contribution in [3.63, 3.8) is 0 Å². The quantitative estimate of drug-likeness (QED) is 0.689. The second kappa shape index (κ2) is 5.33. The minimum absolute atomic E-state index is 0.0423. The Labute approximate surface area is 134 Å². The SMILES string of the molecule is O=C1c2c(I)cc(F)cc2CN1Cc1ccc(Cl)cc1. The number of amides is 1. The van der Waals surface area contributed by atoms with Gasteiger partial charge in [-0.2, -0.15) is 0 Å². The highest BCUT2D eigenvalue weighted by Crippen LogP contribution is 2.29. The summed E-state index contributed by atoms with van der Waals surface area (Å²) in [6.07, 6.45) is 0. The van der Waals surface area contributed by atoms with Crippen LogP contribution in [0.4, 0.5) is 4.39 Å². The minimum Gasteiger partial charge on any atom is -0.330 e. The van der Waals surface area contributed by atoms with Gasteiger partial charge in [0.2, 0.25) is 0 Å². The van der Waals surface area contributed by atoms with Crippen LogP contribution in [-0.2, 0) is 13.1 Å². The fourth-order valence-electron chi connectivity index (χ4n) is 2.36. The first kappa shape index (κ1) is 13.8. The molecule has 20 heavy (non-hydrogen) atoms. The summed E-state index contributed by atoms with van der Waals surface area (Å²) in [6.45, 7) is 0.951. The van der Waals surface area contributed by atoms with Gasteiger partial charge in [0.05, 0.1) is 5.56 Å². The van der Waals surface area contributed by atoms with Gasteiger partial charge in [-0.05, 0) is 58.0 Å². The molecule has 2 aromatic rings. The van der Waals surface area contributed by atoms with E-state index >= 15 is 0 Å². The van der Waals surface area contributed by atoms with E-state index in [0.717, 1.165) is 11.1 Å². The van der Waals surface area contributed by atoms with E-state index in [1.165, 1.54) is 12.1 Å². The first-order valence-corrected chi connectivity index (χ1v) is 7.52. The summed E-state index contributed by atoms with van der Waals surface area (Å²) in [6, 6.07) is 10.2. The number of nitrogens with zero attached hydrogens (tertiary/aromatic N) is 1. The molecule has 0 bridgehead atoms. The lowest BCUT2D eigenvalue weighted by Gasteiger charge is -2.15. The molecule has 1 aliphatic rings. The average molecular weight is 402 g/mol. The standard InChI is InChI=1S/C15H10ClFINO/c16-11-3-1-9(2-4-11)7-19-8-10-5-12(17)6-13(18)14(10)15(19)20/h1-6H,7-8H2. The number of carbonyl (C=O) groups is 1. The molecule has 0 N–H and O–H groups in total. The highest BCUT2D eigenvalue weighted by Gasteiger charge is 2.30. The van der Waals surface area contributed by atoms with Gasteiger partial charge in [0, 0.05) is 21.7 Å². The van der Waals surface area contributed by atoms with Crippen LogP contribution in [0.3, 0.4) is 0 Å². The average Bonchev–Trinajstić information content (AvgIpc) is 2.69. The fraction of sp³-hybridized carbons (Fsp3) is 0.133. The van der Waals surface area contributed by atoms with Crippen molar-refractivity contribution in [3.8, 4) is 0 Å². The Bertz CT molecular complexity index is 687. The molecule has 0 atom stereocenters. The third kappa shape index (κ3) is 2.54. The van der Waals surface area contributed by atoms with Gasteiger partial charge < -0.3 is 4.90 Å². The first-order valence-electron chi connectivity index (χ1n) is 6.06. The van der Waals surface area contributed by atoms with Crippen LogP contribution < -0.4 is 0 Å². The van der Waals surface area contributed by atoms with Crippen molar-refractivity contribution in [1.29, 1.82) is 0 Å². The molecule has 0 aromatic heterocycles. The van der Waals surface area contributed by atoms with Crippen LogP contribution in [0.5, 0.6) is 0 Å². The van der Waals surface area contributed by atoms with E-state index in [-0.39, 0.29) is 11.7 Å². The Hall–Kier alpha value is -1.14. The third-order valence-electron chi connectivity index (χ3n) is 3.29. The Morgan fingerprint density at radius 3 is 2.65 bits per heavy atom. The number of benzene rings is 2. The fourth-order valence-corrected chi connectivity index (χ4v) is 3.37. The molecule has 0 unspecified atom stereocenters. The van der Waals surface area contributed by atoms with Crippen LogP contribution in [-0.4, -0.2) is 10.8 Å². The molecule has 0 aliphatic carbocycles. The molecule has 0 radical (unpaired) electrons. The number of hydrogen-bond donors (Lipinski definition) is 0. The molecule has 5 heteroatoms. The number of rotatable bonds is 2. The van der Waals surface area contributed by atoms with E-state index in [9.17, 15) is 9.18 Å². The van der Waals surface area contributed by atoms with Crippen molar-refractivity contribution >= 4 is 40.1 Å². The van der Waals surface area contributed by atoms with Crippen molar-refractivity contribution in [2.45, 2.75) is 13.1 Å². The highest BCUT2D eigenvalue weighted by atomic mass is 127. The van der Waals surface area contributed by atoms with Crippen molar-refractivity contribution in [3.05, 3.63) is 67.5 Å². The lowest BCUT2D eigenvalue weighted by atomic mass is 10.1. The molecule has 102 valence electrons. The Morgan fingerprint density at radius 1 is 1.25 bits per heavy atom. The molecule has 0 saturated heterocycles. The highest BCUT2D eigenvalue weighted by molar-refractivity contribution is 14.1. The molecule has 0 fully saturated rings. The van der Waals surface area contributed by atoms with E-state index in [1.54, 1.807) is 17.0 Å². The van der Waals surface area contributed by atoms with E-state index in [1.807, 2.05) is 34.7 Å². The minimum atomic E-state index is -0.297. The Kier molecular flexibility index (Phi) is 3.69. The summed E-state index contributed by atoms with van der Waals surface area (Å²) < 4.78 is 14.1. The molecular formula is C15H10ClFINO. The van der Waals surface area contributed by atoms with Crippen LogP contribution in [0, 0.1) is 9.39 Å². The van der Waals surface area contributed by atoms with Crippen molar-refractivity contribution < 1.29 is 9.18 Å². The summed E-state index contributed by atoms with van der Waals surface area (Å²) >= 11 is 7.85. The lowest BCUT2D eigenvalue weighted by molar-refractivity contribution is 0.0766. The third-order valence-corrected chi connectivity index (χ3v) is 4.39. The van der Waals surface area contributed by atoms with E-state index < -0.39 is 0 Å². The Balaban J connectivity index is 1.87. The number of fused-ring (bicyclic) bond motifs is 1. The summed E-state index contributed by atoms with van der Waals surface area (Å²) in [5, 5.41) is 0.668. The smallest absolute Gasteiger partial charge is 0.255 e. The van der Waals surface area contributed by atoms with E-state index in [4.69, 9.17) is 11.6 Å². The molecule has 1 heterocycles. The van der Waals surface area contributed by atoms with Crippen molar-refractivity contribution in [2.75, 3.05) is 0 Å². The largest absolute Gasteiger partial charge is 0.330 e. The number of halogens is 3. The topological polar surface area (TPSA) is 20.3 Å². The predicted octanol–water partition coefficient (Wildman–Crippen LogP) is 4.24. The lowest BCUT2D eigenvalue weighted by Crippen LogP contribution is -2.23. The van der Waals surface area contributed by atoms with Gasteiger partial charge in [-0.25, -0.2) is 4.39 Å². The van der Waals surface area contributed by atoms with Gasteiger partial charge >= 0.3 is 0 Å². The van der Waals surface area contributed by atoms with Gasteiger partial charge in [-0.3, -0.25) is 4.79 Å². The summed E-state index contributed by atoms with van der Waals surface area (Å²) in [4.78, 5) is 14.1. The van der Waals surface area contributed by atoms with E-state index in [2.05, 4.69) is 0 Å². The van der Waals surface area contributed by atoms with Crippen LogP contribution in [0.2, 0.25) is 5.02 Å². The maximum absolute atomic E-state index is 13.4. The van der Waals surface area contributed by atoms with Crippen LogP contribution in [0.1, 0.15) is 21.5 Å². The number of carbonyl (C=O) groups excluding carboxylic acids is 1. The normalized spacial score (nSPS) is 13.8. The first-order chi connectivity index (χ1) is 9.54. The molecule has 1 aliphatic heterocycles. The summed E-state index contributed by atoms with van der Waals surface area (Å²) in [7, 11) is 0. The van der Waals surface area contributed by atoms with Gasteiger partial charge in [0.1, 0.15) is 5.82 Å². The molecule has 2 aromatic carbocycles. The zero-order valence-electron chi connectivity index (χ0n) is 10.4. The zero-order chi connectivity index (χ0) is 14.3. The number of hydrogen-bond acceptors (Lipinski definition) is 1. The Morgan fingerprint density at radius 2 is 1.95 bits per heavy atom. The molecule has 0 spiro atoms. The molecular weight excluding hydrogens is 392 g/mol. The van der Waals surface area contributed by atoms with Gasteiger partial charge in [0.25, 0.3) is 5.91 Å². The van der Waals surface area contributed by atoms with Crippen molar-refractivity contribution in [1.82, 2.24) is 4.90 Å². The van der Waals surface area contributed by atoms with Gasteiger partial charge in [0.15, 0.2) is 0 Å². The molecule has 2 nitrogen and oxygen atoms in total. The monoisotopic (exact) mass is 401 g/mol. The van der Waals surface area contributed by atoms with Gasteiger partial charge in [-0.15, -0.1) is 0 Å².